The molecule has 1 aromatic rings. The van der Waals surface area contributed by atoms with Gasteiger partial charge in [0.1, 0.15) is 0 Å². The lowest BCUT2D eigenvalue weighted by Crippen LogP contribution is -2.20. The van der Waals surface area contributed by atoms with Gasteiger partial charge in [-0.15, -0.1) is 0 Å². The molecule has 1 N–H and O–H groups in total. The quantitative estimate of drug-likeness (QED) is 0.839. The predicted molar refractivity (Wildman–Crippen MR) is 66.7 cm³/mol. The van der Waals surface area contributed by atoms with Crippen molar-refractivity contribution < 1.29 is 0 Å². The molecule has 0 aromatic carbocycles. The Bertz CT molecular complexity index is 345. The monoisotopic (exact) mass is 222 g/mol. The summed E-state index contributed by atoms with van der Waals surface area (Å²) in [5.41, 5.74) is 1.09. The molecule has 4 heteroatoms. The molecular formula is C12H22N4. The van der Waals surface area contributed by atoms with Crippen molar-refractivity contribution in [1.29, 1.82) is 0 Å². The average molecular weight is 222 g/mol. The van der Waals surface area contributed by atoms with E-state index in [2.05, 4.69) is 39.9 Å². The van der Waals surface area contributed by atoms with Crippen LogP contribution in [0, 0.1) is 12.8 Å². The number of nitrogens with one attached hydrogen (secondary N) is 1. The van der Waals surface area contributed by atoms with Crippen LogP contribution < -0.4 is 5.32 Å². The zero-order chi connectivity index (χ0) is 11.5. The van der Waals surface area contributed by atoms with E-state index >= 15 is 0 Å². The van der Waals surface area contributed by atoms with Crippen LogP contribution in [0.5, 0.6) is 0 Å². The number of likely N-dealkylation sites (tertiary alicyclic amines) is 1. The maximum Gasteiger partial charge on any atom is 0.203 e. The van der Waals surface area contributed by atoms with Gasteiger partial charge in [0.2, 0.25) is 5.95 Å². The molecular weight excluding hydrogens is 200 g/mol. The van der Waals surface area contributed by atoms with E-state index in [0.29, 0.717) is 0 Å². The molecule has 1 fully saturated rings. The summed E-state index contributed by atoms with van der Waals surface area (Å²) in [6.45, 7) is 8.65. The third kappa shape index (κ3) is 2.55. The molecule has 0 saturated carbocycles. The number of anilines is 1. The second kappa shape index (κ2) is 4.87. The third-order valence-electron chi connectivity index (χ3n) is 3.28. The number of imidazole rings is 1. The van der Waals surface area contributed by atoms with Crippen molar-refractivity contribution in [3.05, 3.63) is 11.9 Å². The smallest absolute Gasteiger partial charge is 0.203 e. The number of hydrogen-bond donors (Lipinski definition) is 1. The largest absolute Gasteiger partial charge is 0.355 e. The molecule has 0 spiro atoms. The Balaban J connectivity index is 1.89. The van der Waals surface area contributed by atoms with Gasteiger partial charge in [-0.1, -0.05) is 0 Å². The molecule has 90 valence electrons. The number of aromatic nitrogens is 2. The van der Waals surface area contributed by atoms with Crippen LogP contribution in [-0.4, -0.2) is 41.1 Å². The summed E-state index contributed by atoms with van der Waals surface area (Å²) >= 11 is 0. The van der Waals surface area contributed by atoms with Gasteiger partial charge in [0.15, 0.2) is 0 Å². The first kappa shape index (κ1) is 11.5. The first-order valence-corrected chi connectivity index (χ1v) is 6.15. The molecule has 1 aliphatic heterocycles. The van der Waals surface area contributed by atoms with E-state index in [1.807, 2.05) is 6.92 Å². The van der Waals surface area contributed by atoms with Gasteiger partial charge in [0, 0.05) is 25.8 Å². The van der Waals surface area contributed by atoms with E-state index in [1.165, 1.54) is 19.5 Å². The van der Waals surface area contributed by atoms with Gasteiger partial charge >= 0.3 is 0 Å². The fraction of sp³-hybridized carbons (Fsp3) is 0.750. The fourth-order valence-corrected chi connectivity index (χ4v) is 2.36. The third-order valence-corrected chi connectivity index (χ3v) is 3.28. The number of aryl methyl sites for hydroxylation is 2. The van der Waals surface area contributed by atoms with Crippen molar-refractivity contribution in [2.45, 2.75) is 26.8 Å². The van der Waals surface area contributed by atoms with Crippen molar-refractivity contribution >= 4 is 5.95 Å². The van der Waals surface area contributed by atoms with Crippen LogP contribution in [0.4, 0.5) is 5.95 Å². The van der Waals surface area contributed by atoms with E-state index in [9.17, 15) is 0 Å². The molecule has 1 atom stereocenters. The predicted octanol–water partition coefficient (Wildman–Crippen LogP) is 1.58. The van der Waals surface area contributed by atoms with E-state index in [0.717, 1.165) is 30.6 Å². The Kier molecular flexibility index (Phi) is 3.49. The fourth-order valence-electron chi connectivity index (χ4n) is 2.36. The van der Waals surface area contributed by atoms with Gasteiger partial charge < -0.3 is 14.8 Å². The molecule has 0 aliphatic carbocycles. The van der Waals surface area contributed by atoms with Crippen LogP contribution in [-0.2, 0) is 6.54 Å². The van der Waals surface area contributed by atoms with E-state index < -0.39 is 0 Å². The summed E-state index contributed by atoms with van der Waals surface area (Å²) in [6, 6.07) is 0. The molecule has 1 saturated heterocycles. The Labute approximate surface area is 97.7 Å². The number of hydrogen-bond acceptors (Lipinski definition) is 3. The minimum absolute atomic E-state index is 0.771. The summed E-state index contributed by atoms with van der Waals surface area (Å²) in [4.78, 5) is 6.89. The van der Waals surface area contributed by atoms with Crippen LogP contribution in [0.3, 0.4) is 0 Å². The highest BCUT2D eigenvalue weighted by Gasteiger charge is 2.19. The highest BCUT2D eigenvalue weighted by atomic mass is 15.2. The molecule has 16 heavy (non-hydrogen) atoms. The lowest BCUT2D eigenvalue weighted by atomic mass is 10.1. The van der Waals surface area contributed by atoms with Crippen LogP contribution in [0.2, 0.25) is 0 Å². The summed E-state index contributed by atoms with van der Waals surface area (Å²) in [5.74, 6) is 1.79. The van der Waals surface area contributed by atoms with Crippen molar-refractivity contribution in [2.24, 2.45) is 5.92 Å². The number of rotatable bonds is 4. The zero-order valence-electron chi connectivity index (χ0n) is 10.5. The summed E-state index contributed by atoms with van der Waals surface area (Å²) in [6.07, 6.45) is 3.40. The van der Waals surface area contributed by atoms with Gasteiger partial charge in [-0.25, -0.2) is 4.98 Å². The molecule has 0 amide bonds. The highest BCUT2D eigenvalue weighted by Crippen LogP contribution is 2.15. The summed E-state index contributed by atoms with van der Waals surface area (Å²) in [7, 11) is 2.19. The Morgan fingerprint density at radius 2 is 2.38 bits per heavy atom. The summed E-state index contributed by atoms with van der Waals surface area (Å²) < 4.78 is 2.17. The zero-order valence-corrected chi connectivity index (χ0v) is 10.5. The first-order valence-electron chi connectivity index (χ1n) is 6.15. The Morgan fingerprint density at radius 3 is 3.00 bits per heavy atom. The lowest BCUT2D eigenvalue weighted by Gasteiger charge is -2.12. The minimum Gasteiger partial charge on any atom is -0.355 e. The minimum atomic E-state index is 0.771. The molecule has 0 radical (unpaired) electrons. The van der Waals surface area contributed by atoms with E-state index in [1.54, 1.807) is 0 Å². The van der Waals surface area contributed by atoms with Gasteiger partial charge in [-0.05, 0) is 39.8 Å². The maximum atomic E-state index is 4.50. The van der Waals surface area contributed by atoms with Gasteiger partial charge in [-0.3, -0.25) is 0 Å². The van der Waals surface area contributed by atoms with E-state index in [-0.39, 0.29) is 0 Å². The molecule has 2 heterocycles. The number of nitrogens with zero attached hydrogens (tertiary/aromatic N) is 3. The molecule has 4 nitrogen and oxygen atoms in total. The van der Waals surface area contributed by atoms with Crippen molar-refractivity contribution in [2.75, 3.05) is 32.0 Å². The first-order chi connectivity index (χ1) is 7.69. The SMILES string of the molecule is CCn1cc(C)nc1NCC1CCN(C)C1. The maximum absolute atomic E-state index is 4.50. The van der Waals surface area contributed by atoms with Crippen molar-refractivity contribution in [1.82, 2.24) is 14.5 Å². The Morgan fingerprint density at radius 1 is 1.56 bits per heavy atom. The molecule has 1 aliphatic rings. The van der Waals surface area contributed by atoms with Crippen LogP contribution in [0.1, 0.15) is 19.0 Å². The molecule has 0 bridgehead atoms. The molecule has 1 aromatic heterocycles. The van der Waals surface area contributed by atoms with Crippen LogP contribution in [0.15, 0.2) is 6.20 Å². The van der Waals surface area contributed by atoms with Gasteiger partial charge in [0.05, 0.1) is 5.69 Å². The van der Waals surface area contributed by atoms with Crippen LogP contribution >= 0.6 is 0 Å². The molecule has 2 rings (SSSR count). The van der Waals surface area contributed by atoms with Crippen LogP contribution in [0.25, 0.3) is 0 Å². The normalized spacial score (nSPS) is 21.6. The second-order valence-corrected chi connectivity index (χ2v) is 4.79. The van der Waals surface area contributed by atoms with Gasteiger partial charge in [-0.2, -0.15) is 0 Å². The lowest BCUT2D eigenvalue weighted by molar-refractivity contribution is 0.399. The second-order valence-electron chi connectivity index (χ2n) is 4.79. The average Bonchev–Trinajstić information content (AvgIpc) is 2.81. The Hall–Kier alpha value is -1.03. The van der Waals surface area contributed by atoms with Crippen molar-refractivity contribution in [3.63, 3.8) is 0 Å². The van der Waals surface area contributed by atoms with Gasteiger partial charge in [0.25, 0.3) is 0 Å². The molecule has 1 unspecified atom stereocenters. The van der Waals surface area contributed by atoms with Crippen molar-refractivity contribution in [3.8, 4) is 0 Å². The topological polar surface area (TPSA) is 33.1 Å². The summed E-state index contributed by atoms with van der Waals surface area (Å²) in [5, 5.41) is 3.47. The van der Waals surface area contributed by atoms with E-state index in [4.69, 9.17) is 0 Å². The highest BCUT2D eigenvalue weighted by molar-refractivity contribution is 5.28. The standard InChI is InChI=1S/C12H22N4/c1-4-16-8-10(2)14-12(16)13-7-11-5-6-15(3)9-11/h8,11H,4-7,9H2,1-3H3,(H,13,14).